The zero-order chi connectivity index (χ0) is 16.1. The van der Waals surface area contributed by atoms with Gasteiger partial charge in [0.1, 0.15) is 0 Å². The maximum absolute atomic E-state index is 4.27. The Balaban J connectivity index is 2.29. The number of nitrogens with zero attached hydrogens (tertiary/aromatic N) is 7. The van der Waals surface area contributed by atoms with Crippen LogP contribution < -0.4 is 9.92 Å². The van der Waals surface area contributed by atoms with Gasteiger partial charge in [0.25, 0.3) is 0 Å². The Labute approximate surface area is 130 Å². The smallest absolute Gasteiger partial charge is 0.357 e. The lowest BCUT2D eigenvalue weighted by molar-refractivity contribution is -0.657. The zero-order valence-corrected chi connectivity index (χ0v) is 13.7. The van der Waals surface area contributed by atoms with Gasteiger partial charge in [0.2, 0.25) is 0 Å². The van der Waals surface area contributed by atoms with E-state index in [9.17, 15) is 0 Å². The maximum atomic E-state index is 4.27. The molecule has 2 rings (SSSR count). The molecule has 0 bridgehead atoms. The van der Waals surface area contributed by atoms with E-state index in [2.05, 4.69) is 20.4 Å². The molecule has 0 spiro atoms. The molecule has 22 heavy (non-hydrogen) atoms. The molecule has 0 aliphatic carbocycles. The summed E-state index contributed by atoms with van der Waals surface area (Å²) in [6, 6.07) is 3.80. The Bertz CT molecular complexity index is 722. The largest absolute Gasteiger partial charge is 0.421 e. The molecular weight excluding hydrogens is 278 g/mol. The SMILES string of the molecule is CC(C)C(N=Nc1n(C)cc[n+]1C)=NN=c1ccn(C)cc1. The quantitative estimate of drug-likeness (QED) is 0.273. The van der Waals surface area contributed by atoms with Crippen molar-refractivity contribution in [3.63, 3.8) is 0 Å². The lowest BCUT2D eigenvalue weighted by Gasteiger charge is -1.98. The lowest BCUT2D eigenvalue weighted by atomic mass is 10.2. The van der Waals surface area contributed by atoms with Crippen LogP contribution in [0.5, 0.6) is 0 Å². The van der Waals surface area contributed by atoms with Crippen molar-refractivity contribution in [2.45, 2.75) is 13.8 Å². The molecule has 2 heterocycles. The maximum Gasteiger partial charge on any atom is 0.421 e. The van der Waals surface area contributed by atoms with Crippen molar-refractivity contribution in [3.05, 3.63) is 42.3 Å². The van der Waals surface area contributed by atoms with Crippen LogP contribution in [-0.2, 0) is 21.1 Å². The summed E-state index contributed by atoms with van der Waals surface area (Å²) in [5.74, 6) is 1.48. The number of rotatable bonds is 3. The number of aromatic nitrogens is 3. The molecule has 0 aromatic carbocycles. The molecule has 0 amide bonds. The number of aryl methyl sites for hydroxylation is 3. The second-order valence-corrected chi connectivity index (χ2v) is 5.45. The minimum Gasteiger partial charge on any atom is -0.357 e. The van der Waals surface area contributed by atoms with Crippen LogP contribution in [0.2, 0.25) is 0 Å². The fourth-order valence-corrected chi connectivity index (χ4v) is 1.74. The first kappa shape index (κ1) is 15.8. The average Bonchev–Trinajstić information content (AvgIpc) is 2.80. The molecule has 2 aromatic heterocycles. The minimum atomic E-state index is 0.137. The van der Waals surface area contributed by atoms with Crippen molar-refractivity contribution < 1.29 is 4.57 Å². The molecule has 0 radical (unpaired) electrons. The first-order chi connectivity index (χ1) is 10.5. The Morgan fingerprint density at radius 3 is 2.36 bits per heavy atom. The van der Waals surface area contributed by atoms with Crippen LogP contribution in [0, 0.1) is 5.92 Å². The normalized spacial score (nSPS) is 12.4. The number of pyridine rings is 1. The fraction of sp³-hybridized carbons (Fsp3) is 0.400. The van der Waals surface area contributed by atoms with Crippen LogP contribution in [0.1, 0.15) is 13.8 Å². The summed E-state index contributed by atoms with van der Waals surface area (Å²) < 4.78 is 5.74. The van der Waals surface area contributed by atoms with Crippen LogP contribution >= 0.6 is 0 Å². The molecule has 0 unspecified atom stereocenters. The second kappa shape index (κ2) is 6.93. The summed E-state index contributed by atoms with van der Waals surface area (Å²) in [6.45, 7) is 4.03. The highest BCUT2D eigenvalue weighted by molar-refractivity contribution is 5.84. The highest BCUT2D eigenvalue weighted by Crippen LogP contribution is 2.07. The highest BCUT2D eigenvalue weighted by Gasteiger charge is 2.12. The van der Waals surface area contributed by atoms with Crippen LogP contribution in [0.4, 0.5) is 5.95 Å². The van der Waals surface area contributed by atoms with Gasteiger partial charge < -0.3 is 4.57 Å². The molecule has 0 aliphatic heterocycles. The van der Waals surface area contributed by atoms with E-state index < -0.39 is 0 Å². The summed E-state index contributed by atoms with van der Waals surface area (Å²) in [5.41, 5.74) is 0. The third kappa shape index (κ3) is 3.97. The predicted molar refractivity (Wildman–Crippen MR) is 84.4 cm³/mol. The Morgan fingerprint density at radius 1 is 1.14 bits per heavy atom. The fourth-order valence-electron chi connectivity index (χ4n) is 1.74. The van der Waals surface area contributed by atoms with E-state index in [1.165, 1.54) is 0 Å². The number of hydrogen-bond acceptors (Lipinski definition) is 3. The van der Waals surface area contributed by atoms with E-state index in [1.807, 2.05) is 85.6 Å². The number of azo groups is 1. The first-order valence-electron chi connectivity index (χ1n) is 7.14. The van der Waals surface area contributed by atoms with Gasteiger partial charge >= 0.3 is 5.95 Å². The van der Waals surface area contributed by atoms with Gasteiger partial charge in [-0.2, -0.15) is 0 Å². The molecule has 2 aromatic rings. The monoisotopic (exact) mass is 300 g/mol. The summed E-state index contributed by atoms with van der Waals surface area (Å²) in [4.78, 5) is 0. The van der Waals surface area contributed by atoms with Gasteiger partial charge in [-0.25, -0.2) is 9.13 Å². The first-order valence-corrected chi connectivity index (χ1v) is 7.14. The van der Waals surface area contributed by atoms with Crippen LogP contribution in [0.15, 0.2) is 57.4 Å². The molecule has 0 saturated heterocycles. The number of hydrogen-bond donors (Lipinski definition) is 0. The summed E-state index contributed by atoms with van der Waals surface area (Å²) in [6.07, 6.45) is 7.70. The molecule has 7 heteroatoms. The van der Waals surface area contributed by atoms with Crippen LogP contribution in [-0.4, -0.2) is 15.0 Å². The van der Waals surface area contributed by atoms with E-state index in [1.54, 1.807) is 0 Å². The van der Waals surface area contributed by atoms with Crippen molar-refractivity contribution in [2.75, 3.05) is 0 Å². The third-order valence-corrected chi connectivity index (χ3v) is 3.13. The Morgan fingerprint density at radius 2 is 1.82 bits per heavy atom. The minimum absolute atomic E-state index is 0.137. The van der Waals surface area contributed by atoms with Crippen molar-refractivity contribution in [1.82, 2.24) is 9.13 Å². The molecule has 0 N–H and O–H groups in total. The van der Waals surface area contributed by atoms with Gasteiger partial charge in [-0.1, -0.05) is 19.0 Å². The van der Waals surface area contributed by atoms with E-state index in [-0.39, 0.29) is 5.92 Å². The molecule has 0 saturated carbocycles. The van der Waals surface area contributed by atoms with E-state index in [0.717, 1.165) is 11.3 Å². The summed E-state index contributed by atoms with van der Waals surface area (Å²) >= 11 is 0. The third-order valence-electron chi connectivity index (χ3n) is 3.13. The lowest BCUT2D eigenvalue weighted by Crippen LogP contribution is -2.25. The molecular formula is C15H22N7+. The van der Waals surface area contributed by atoms with E-state index in [4.69, 9.17) is 0 Å². The molecule has 116 valence electrons. The molecule has 0 atom stereocenters. The van der Waals surface area contributed by atoms with Crippen molar-refractivity contribution in [1.29, 1.82) is 0 Å². The standard InChI is InChI=1S/C15H22N7/c1-12(2)14(17-16-13-6-8-20(3)9-7-13)18-19-15-21(4)10-11-22(15)5/h6-12H,1-5H3/q+1. The summed E-state index contributed by atoms with van der Waals surface area (Å²) in [7, 11) is 5.81. The van der Waals surface area contributed by atoms with Crippen molar-refractivity contribution >= 4 is 11.8 Å². The van der Waals surface area contributed by atoms with Gasteiger partial charge in [0.05, 0.1) is 31.8 Å². The van der Waals surface area contributed by atoms with Crippen molar-refractivity contribution in [3.8, 4) is 0 Å². The average molecular weight is 300 g/mol. The second-order valence-electron chi connectivity index (χ2n) is 5.45. The Kier molecular flexibility index (Phi) is 4.98. The van der Waals surface area contributed by atoms with Gasteiger partial charge in [0.15, 0.2) is 5.84 Å². The molecule has 7 nitrogen and oxygen atoms in total. The van der Waals surface area contributed by atoms with Crippen molar-refractivity contribution in [2.24, 2.45) is 47.5 Å². The predicted octanol–water partition coefficient (Wildman–Crippen LogP) is 1.84. The van der Waals surface area contributed by atoms with E-state index in [0.29, 0.717) is 5.84 Å². The van der Waals surface area contributed by atoms with Gasteiger partial charge in [0, 0.05) is 30.5 Å². The highest BCUT2D eigenvalue weighted by atomic mass is 15.3. The number of imidazole rings is 1. The van der Waals surface area contributed by atoms with Crippen LogP contribution in [0.3, 0.4) is 0 Å². The van der Waals surface area contributed by atoms with Gasteiger partial charge in [-0.05, 0) is 12.1 Å². The topological polar surface area (TPSA) is 63.2 Å². The molecule has 0 aliphatic rings. The number of amidine groups is 1. The molecule has 0 fully saturated rings. The Hall–Kier alpha value is -2.57. The zero-order valence-electron chi connectivity index (χ0n) is 13.7. The summed E-state index contributed by atoms with van der Waals surface area (Å²) in [5, 5.41) is 17.8. The van der Waals surface area contributed by atoms with Gasteiger partial charge in [-0.15, -0.1) is 10.2 Å². The van der Waals surface area contributed by atoms with Crippen LogP contribution in [0.25, 0.3) is 0 Å². The van der Waals surface area contributed by atoms with E-state index >= 15 is 0 Å². The van der Waals surface area contributed by atoms with Gasteiger partial charge in [-0.3, -0.25) is 0 Å².